The smallest absolute Gasteiger partial charge is 0.318 e. The van der Waals surface area contributed by atoms with Crippen molar-refractivity contribution in [3.8, 4) is 0 Å². The van der Waals surface area contributed by atoms with Gasteiger partial charge in [0.25, 0.3) is 0 Å². The van der Waals surface area contributed by atoms with Gasteiger partial charge in [0.15, 0.2) is 0 Å². The number of carbonyl (C=O) groups excluding carboxylic acids is 1. The van der Waals surface area contributed by atoms with Crippen LogP contribution in [0.2, 0.25) is 0 Å². The van der Waals surface area contributed by atoms with Gasteiger partial charge in [-0.2, -0.15) is 0 Å². The van der Waals surface area contributed by atoms with E-state index in [0.29, 0.717) is 11.9 Å². The van der Waals surface area contributed by atoms with Crippen molar-refractivity contribution in [2.75, 3.05) is 31.1 Å². The van der Waals surface area contributed by atoms with E-state index in [1.54, 1.807) is 6.92 Å². The molecule has 6 heteroatoms. The van der Waals surface area contributed by atoms with Crippen LogP contribution in [0.25, 0.3) is 0 Å². The normalized spacial score (nSPS) is 16.2. The highest BCUT2D eigenvalue weighted by molar-refractivity contribution is 5.79. The van der Waals surface area contributed by atoms with Gasteiger partial charge in [-0.1, -0.05) is 18.9 Å². The molecule has 1 saturated heterocycles. The summed E-state index contributed by atoms with van der Waals surface area (Å²) in [5, 5.41) is 7.84. The lowest BCUT2D eigenvalue weighted by atomic mass is 10.0. The second kappa shape index (κ2) is 6.04. The summed E-state index contributed by atoms with van der Waals surface area (Å²) in [6, 6.07) is 0.562. The summed E-state index contributed by atoms with van der Waals surface area (Å²) < 4.78 is 5.41. The quantitative estimate of drug-likeness (QED) is 0.825. The first-order valence-corrected chi connectivity index (χ1v) is 6.99. The molecular weight excluding hydrogens is 244 g/mol. The van der Waals surface area contributed by atoms with Gasteiger partial charge in [-0.15, -0.1) is 5.10 Å². The standard InChI is InChI=1S/C13H22N4O2/c1-4-11(5-2)12(18)16-6-8-17(9-7-16)13-15-14-10(3)19-13/h11H,4-9H2,1-3H3. The van der Waals surface area contributed by atoms with E-state index in [-0.39, 0.29) is 11.8 Å². The number of aryl methyl sites for hydroxylation is 1. The molecular formula is C13H22N4O2. The number of nitrogens with zero attached hydrogens (tertiary/aromatic N) is 4. The summed E-state index contributed by atoms with van der Waals surface area (Å²) in [7, 11) is 0. The lowest BCUT2D eigenvalue weighted by Gasteiger charge is -2.35. The Morgan fingerprint density at radius 3 is 2.32 bits per heavy atom. The minimum atomic E-state index is 0.164. The molecule has 0 bridgehead atoms. The van der Waals surface area contributed by atoms with Crippen molar-refractivity contribution in [3.63, 3.8) is 0 Å². The van der Waals surface area contributed by atoms with Crippen molar-refractivity contribution >= 4 is 11.9 Å². The molecule has 0 saturated carbocycles. The Morgan fingerprint density at radius 2 is 1.84 bits per heavy atom. The third-order valence-electron chi connectivity index (χ3n) is 3.71. The van der Waals surface area contributed by atoms with Gasteiger partial charge < -0.3 is 14.2 Å². The second-order valence-electron chi connectivity index (χ2n) is 4.93. The Bertz CT molecular complexity index is 420. The van der Waals surface area contributed by atoms with Crippen molar-refractivity contribution in [2.45, 2.75) is 33.6 Å². The van der Waals surface area contributed by atoms with Crippen LogP contribution in [0.15, 0.2) is 4.42 Å². The highest BCUT2D eigenvalue weighted by Gasteiger charge is 2.27. The fraction of sp³-hybridized carbons (Fsp3) is 0.769. The minimum Gasteiger partial charge on any atom is -0.408 e. The largest absolute Gasteiger partial charge is 0.408 e. The number of rotatable bonds is 4. The lowest BCUT2D eigenvalue weighted by molar-refractivity contribution is -0.136. The zero-order valence-electron chi connectivity index (χ0n) is 11.9. The summed E-state index contributed by atoms with van der Waals surface area (Å²) in [4.78, 5) is 16.3. The van der Waals surface area contributed by atoms with E-state index in [0.717, 1.165) is 39.0 Å². The van der Waals surface area contributed by atoms with Gasteiger partial charge in [-0.05, 0) is 12.8 Å². The molecule has 0 atom stereocenters. The predicted octanol–water partition coefficient (Wildman–Crippen LogP) is 1.46. The molecule has 1 aromatic heterocycles. The van der Waals surface area contributed by atoms with Gasteiger partial charge in [0.1, 0.15) is 0 Å². The van der Waals surface area contributed by atoms with Crippen molar-refractivity contribution in [1.82, 2.24) is 15.1 Å². The molecule has 0 aliphatic carbocycles. The van der Waals surface area contributed by atoms with Crippen LogP contribution in [0.1, 0.15) is 32.6 Å². The van der Waals surface area contributed by atoms with Crippen LogP contribution in [-0.4, -0.2) is 47.2 Å². The number of aromatic nitrogens is 2. The van der Waals surface area contributed by atoms with Crippen LogP contribution in [-0.2, 0) is 4.79 Å². The Kier molecular flexibility index (Phi) is 4.39. The first-order chi connectivity index (χ1) is 9.15. The van der Waals surface area contributed by atoms with Crippen LogP contribution in [0.4, 0.5) is 6.01 Å². The number of anilines is 1. The van der Waals surface area contributed by atoms with Gasteiger partial charge in [-0.3, -0.25) is 4.79 Å². The van der Waals surface area contributed by atoms with Crippen LogP contribution < -0.4 is 4.90 Å². The fourth-order valence-corrected chi connectivity index (χ4v) is 2.43. The summed E-state index contributed by atoms with van der Waals surface area (Å²) in [5.41, 5.74) is 0. The zero-order valence-corrected chi connectivity index (χ0v) is 11.9. The van der Waals surface area contributed by atoms with E-state index in [1.165, 1.54) is 0 Å². The van der Waals surface area contributed by atoms with Crippen LogP contribution in [0.5, 0.6) is 0 Å². The first-order valence-electron chi connectivity index (χ1n) is 6.99. The van der Waals surface area contributed by atoms with Crippen molar-refractivity contribution in [1.29, 1.82) is 0 Å². The molecule has 0 aromatic carbocycles. The molecule has 0 spiro atoms. The van der Waals surface area contributed by atoms with E-state index >= 15 is 0 Å². The van der Waals surface area contributed by atoms with E-state index in [2.05, 4.69) is 24.0 Å². The van der Waals surface area contributed by atoms with Crippen LogP contribution in [0.3, 0.4) is 0 Å². The van der Waals surface area contributed by atoms with E-state index in [9.17, 15) is 4.79 Å². The molecule has 2 heterocycles. The summed E-state index contributed by atoms with van der Waals surface area (Å²) in [6.45, 7) is 8.91. The number of amides is 1. The molecule has 2 rings (SSSR count). The third kappa shape index (κ3) is 3.05. The van der Waals surface area contributed by atoms with E-state index < -0.39 is 0 Å². The van der Waals surface area contributed by atoms with Crippen molar-refractivity contribution in [3.05, 3.63) is 5.89 Å². The molecule has 1 aliphatic heterocycles. The Morgan fingerprint density at radius 1 is 1.21 bits per heavy atom. The highest BCUT2D eigenvalue weighted by atomic mass is 16.4. The first kappa shape index (κ1) is 13.8. The van der Waals surface area contributed by atoms with E-state index in [4.69, 9.17) is 4.42 Å². The predicted molar refractivity (Wildman–Crippen MR) is 71.9 cm³/mol. The van der Waals surface area contributed by atoms with Crippen molar-refractivity contribution in [2.24, 2.45) is 5.92 Å². The topological polar surface area (TPSA) is 62.5 Å². The van der Waals surface area contributed by atoms with Crippen molar-refractivity contribution < 1.29 is 9.21 Å². The Hall–Kier alpha value is -1.59. The molecule has 1 aliphatic rings. The fourth-order valence-electron chi connectivity index (χ4n) is 2.43. The average molecular weight is 266 g/mol. The summed E-state index contributed by atoms with van der Waals surface area (Å²) in [6.07, 6.45) is 1.83. The average Bonchev–Trinajstić information content (AvgIpc) is 2.87. The second-order valence-corrected chi connectivity index (χ2v) is 4.93. The zero-order chi connectivity index (χ0) is 13.8. The maximum atomic E-state index is 12.3. The molecule has 1 aromatic rings. The molecule has 19 heavy (non-hydrogen) atoms. The SMILES string of the molecule is CCC(CC)C(=O)N1CCN(c2nnc(C)o2)CC1. The van der Waals surface area contributed by atoms with E-state index in [1.807, 2.05) is 9.80 Å². The van der Waals surface area contributed by atoms with Gasteiger partial charge in [0.05, 0.1) is 0 Å². The molecule has 1 fully saturated rings. The molecule has 0 radical (unpaired) electrons. The summed E-state index contributed by atoms with van der Waals surface area (Å²) >= 11 is 0. The molecule has 0 N–H and O–H groups in total. The number of hydrogen-bond donors (Lipinski definition) is 0. The summed E-state index contributed by atoms with van der Waals surface area (Å²) in [5.74, 6) is 1.02. The Labute approximate surface area is 113 Å². The maximum Gasteiger partial charge on any atom is 0.318 e. The number of piperazine rings is 1. The molecule has 0 unspecified atom stereocenters. The van der Waals surface area contributed by atoms with Gasteiger partial charge >= 0.3 is 6.01 Å². The molecule has 106 valence electrons. The van der Waals surface area contributed by atoms with Gasteiger partial charge in [0.2, 0.25) is 11.8 Å². The molecule has 1 amide bonds. The maximum absolute atomic E-state index is 12.3. The Balaban J connectivity index is 1.90. The monoisotopic (exact) mass is 266 g/mol. The lowest BCUT2D eigenvalue weighted by Crippen LogP contribution is -2.50. The minimum absolute atomic E-state index is 0.164. The van der Waals surface area contributed by atoms with Crippen LogP contribution >= 0.6 is 0 Å². The third-order valence-corrected chi connectivity index (χ3v) is 3.71. The van der Waals surface area contributed by atoms with Crippen LogP contribution in [0, 0.1) is 12.8 Å². The van der Waals surface area contributed by atoms with Gasteiger partial charge in [-0.25, -0.2) is 0 Å². The number of carbonyl (C=O) groups is 1. The van der Waals surface area contributed by atoms with Gasteiger partial charge in [0, 0.05) is 39.0 Å². The molecule has 6 nitrogen and oxygen atoms in total. The highest BCUT2D eigenvalue weighted by Crippen LogP contribution is 2.17. The number of hydrogen-bond acceptors (Lipinski definition) is 5.